The highest BCUT2D eigenvalue weighted by Gasteiger charge is 2.15. The molecule has 3 rings (SSSR count). The number of carbonyl (C=O) groups excluding carboxylic acids is 2. The maximum Gasteiger partial charge on any atom is 0.321 e. The first kappa shape index (κ1) is 26.4. The van der Waals surface area contributed by atoms with Crippen LogP contribution in [0.25, 0.3) is 0 Å². The first-order valence-corrected chi connectivity index (χ1v) is 13.0. The summed E-state index contributed by atoms with van der Waals surface area (Å²) in [7, 11) is 0. The van der Waals surface area contributed by atoms with E-state index in [0.717, 1.165) is 34.7 Å². The predicted octanol–water partition coefficient (Wildman–Crippen LogP) is 7.10. The number of nitrogens with one attached hydrogen (secondary N) is 1. The molecule has 2 amide bonds. The second-order valence-electron chi connectivity index (χ2n) is 8.34. The summed E-state index contributed by atoms with van der Waals surface area (Å²) >= 11 is 1.58. The van der Waals surface area contributed by atoms with Crippen molar-refractivity contribution in [3.63, 3.8) is 0 Å². The molecule has 0 saturated heterocycles. The second-order valence-corrected chi connectivity index (χ2v) is 9.49. The molecule has 3 aromatic carbocycles. The summed E-state index contributed by atoms with van der Waals surface area (Å²) in [6, 6.07) is 25.6. The van der Waals surface area contributed by atoms with Crippen molar-refractivity contribution in [2.75, 3.05) is 18.0 Å². The van der Waals surface area contributed by atoms with Gasteiger partial charge < -0.3 is 10.1 Å². The van der Waals surface area contributed by atoms with Gasteiger partial charge in [0.2, 0.25) is 0 Å². The Hall–Kier alpha value is -3.25. The van der Waals surface area contributed by atoms with Gasteiger partial charge in [-0.25, -0.2) is 4.79 Å². The van der Waals surface area contributed by atoms with Gasteiger partial charge in [0.25, 0.3) is 0 Å². The van der Waals surface area contributed by atoms with Crippen LogP contribution in [0.5, 0.6) is 5.75 Å². The van der Waals surface area contributed by atoms with E-state index < -0.39 is 0 Å². The van der Waals surface area contributed by atoms with E-state index in [4.69, 9.17) is 4.74 Å². The quantitative estimate of drug-likeness (QED) is 0.167. The van der Waals surface area contributed by atoms with Crippen molar-refractivity contribution in [1.29, 1.82) is 0 Å². The van der Waals surface area contributed by atoms with Gasteiger partial charge in [0.05, 0.1) is 0 Å². The standard InChI is InChI=1S/C29H34N2O3S/c1-3-4-5-9-20-30-29(33)31(21-19-24-11-7-6-8-12-24)25-15-17-27(18-16-25)35-28-14-10-13-26(22-28)34-23(2)32/h6-8,10-18,22H,3-5,9,19-21H2,1-2H3,(H,30,33). The highest BCUT2D eigenvalue weighted by atomic mass is 32.2. The lowest BCUT2D eigenvalue weighted by Crippen LogP contribution is -2.41. The smallest absolute Gasteiger partial charge is 0.321 e. The number of amides is 2. The topological polar surface area (TPSA) is 58.6 Å². The fourth-order valence-corrected chi connectivity index (χ4v) is 4.54. The SMILES string of the molecule is CCCCCCNC(=O)N(CCc1ccccc1)c1ccc(Sc2cccc(OC(C)=O)c2)cc1. The Morgan fingerprint density at radius 2 is 1.66 bits per heavy atom. The maximum atomic E-state index is 13.1. The van der Waals surface area contributed by atoms with Crippen LogP contribution < -0.4 is 15.0 Å². The van der Waals surface area contributed by atoms with Gasteiger partial charge in [0.1, 0.15) is 5.75 Å². The highest BCUT2D eigenvalue weighted by Crippen LogP contribution is 2.31. The summed E-state index contributed by atoms with van der Waals surface area (Å²) in [6.07, 6.45) is 5.27. The van der Waals surface area contributed by atoms with Gasteiger partial charge >= 0.3 is 12.0 Å². The van der Waals surface area contributed by atoms with E-state index in [9.17, 15) is 9.59 Å². The molecule has 0 bridgehead atoms. The van der Waals surface area contributed by atoms with Crippen LogP contribution in [0.3, 0.4) is 0 Å². The Balaban J connectivity index is 1.68. The number of unbranched alkanes of at least 4 members (excludes halogenated alkanes) is 3. The van der Waals surface area contributed by atoms with Crippen LogP contribution >= 0.6 is 11.8 Å². The normalized spacial score (nSPS) is 10.6. The molecule has 0 aliphatic heterocycles. The minimum atomic E-state index is -0.337. The van der Waals surface area contributed by atoms with Gasteiger partial charge in [-0.1, -0.05) is 74.3 Å². The molecule has 0 heterocycles. The number of nitrogens with zero attached hydrogens (tertiary/aromatic N) is 1. The third-order valence-corrected chi connectivity index (χ3v) is 6.47. The summed E-state index contributed by atoms with van der Waals surface area (Å²) in [4.78, 5) is 28.1. The van der Waals surface area contributed by atoms with Crippen molar-refractivity contribution in [3.8, 4) is 5.75 Å². The molecule has 184 valence electrons. The van der Waals surface area contributed by atoms with Crippen LogP contribution in [0.2, 0.25) is 0 Å². The molecule has 5 nitrogen and oxygen atoms in total. The van der Waals surface area contributed by atoms with E-state index in [-0.39, 0.29) is 12.0 Å². The summed E-state index contributed by atoms with van der Waals surface area (Å²) in [6.45, 7) is 4.86. The summed E-state index contributed by atoms with van der Waals surface area (Å²) in [5, 5.41) is 3.09. The molecule has 0 spiro atoms. The maximum absolute atomic E-state index is 13.1. The van der Waals surface area contributed by atoms with Gasteiger partial charge in [-0.15, -0.1) is 0 Å². The third kappa shape index (κ3) is 9.13. The lowest BCUT2D eigenvalue weighted by atomic mass is 10.1. The zero-order chi connectivity index (χ0) is 24.9. The average Bonchev–Trinajstić information content (AvgIpc) is 2.85. The Kier molecular flexibility index (Phi) is 10.7. The minimum absolute atomic E-state index is 0.0630. The molecule has 1 N–H and O–H groups in total. The highest BCUT2D eigenvalue weighted by molar-refractivity contribution is 7.99. The number of ether oxygens (including phenoxy) is 1. The van der Waals surface area contributed by atoms with E-state index in [2.05, 4.69) is 24.4 Å². The predicted molar refractivity (Wildman–Crippen MR) is 143 cm³/mol. The summed E-state index contributed by atoms with van der Waals surface area (Å²) in [5.74, 6) is 0.192. The monoisotopic (exact) mass is 490 g/mol. The number of urea groups is 1. The number of hydrogen-bond donors (Lipinski definition) is 1. The fraction of sp³-hybridized carbons (Fsp3) is 0.310. The average molecular weight is 491 g/mol. The van der Waals surface area contributed by atoms with E-state index >= 15 is 0 Å². The molecule has 3 aromatic rings. The molecule has 0 aliphatic carbocycles. The molecule has 0 saturated carbocycles. The number of anilines is 1. The number of benzene rings is 3. The van der Waals surface area contributed by atoms with Crippen molar-refractivity contribution >= 4 is 29.4 Å². The van der Waals surface area contributed by atoms with Crippen molar-refractivity contribution in [2.45, 2.75) is 55.7 Å². The van der Waals surface area contributed by atoms with Gasteiger partial charge in [-0.05, 0) is 60.9 Å². The molecular formula is C29H34N2O3S. The number of rotatable bonds is 12. The van der Waals surface area contributed by atoms with Crippen molar-refractivity contribution in [2.24, 2.45) is 0 Å². The van der Waals surface area contributed by atoms with E-state index in [1.807, 2.05) is 65.6 Å². The van der Waals surface area contributed by atoms with E-state index in [1.54, 1.807) is 17.8 Å². The molecule has 0 aliphatic rings. The molecular weight excluding hydrogens is 456 g/mol. The van der Waals surface area contributed by atoms with Crippen LogP contribution in [0.15, 0.2) is 88.7 Å². The molecule has 0 atom stereocenters. The Morgan fingerprint density at radius 1 is 0.886 bits per heavy atom. The second kappa shape index (κ2) is 14.2. The Morgan fingerprint density at radius 3 is 2.37 bits per heavy atom. The van der Waals surface area contributed by atoms with Gasteiger partial charge in [0.15, 0.2) is 0 Å². The summed E-state index contributed by atoms with van der Waals surface area (Å²) in [5.41, 5.74) is 2.07. The van der Waals surface area contributed by atoms with E-state index in [1.165, 1.54) is 25.3 Å². The van der Waals surface area contributed by atoms with Crippen LogP contribution in [-0.4, -0.2) is 25.1 Å². The molecule has 0 aromatic heterocycles. The van der Waals surface area contributed by atoms with Crippen LogP contribution in [-0.2, 0) is 11.2 Å². The molecule has 0 unspecified atom stereocenters. The summed E-state index contributed by atoms with van der Waals surface area (Å²) < 4.78 is 5.18. The lowest BCUT2D eigenvalue weighted by Gasteiger charge is -2.24. The van der Waals surface area contributed by atoms with Gasteiger partial charge in [-0.2, -0.15) is 0 Å². The van der Waals surface area contributed by atoms with Crippen LogP contribution in [0.1, 0.15) is 45.1 Å². The first-order valence-electron chi connectivity index (χ1n) is 12.2. The molecule has 6 heteroatoms. The number of hydrogen-bond acceptors (Lipinski definition) is 4. The number of esters is 1. The van der Waals surface area contributed by atoms with Crippen molar-refractivity contribution in [1.82, 2.24) is 5.32 Å². The minimum Gasteiger partial charge on any atom is -0.427 e. The van der Waals surface area contributed by atoms with Crippen molar-refractivity contribution < 1.29 is 14.3 Å². The lowest BCUT2D eigenvalue weighted by molar-refractivity contribution is -0.131. The van der Waals surface area contributed by atoms with E-state index in [0.29, 0.717) is 18.8 Å². The largest absolute Gasteiger partial charge is 0.427 e. The van der Waals surface area contributed by atoms with Crippen LogP contribution in [0.4, 0.5) is 10.5 Å². The first-order chi connectivity index (χ1) is 17.0. The van der Waals surface area contributed by atoms with Gasteiger partial charge in [-0.3, -0.25) is 9.69 Å². The van der Waals surface area contributed by atoms with Crippen molar-refractivity contribution in [3.05, 3.63) is 84.4 Å². The van der Waals surface area contributed by atoms with Gasteiger partial charge in [0, 0.05) is 35.5 Å². The number of carbonyl (C=O) groups is 2. The Labute approximate surface area is 212 Å². The Bertz CT molecular complexity index is 1070. The van der Waals surface area contributed by atoms with Crippen LogP contribution in [0, 0.1) is 0 Å². The fourth-order valence-electron chi connectivity index (χ4n) is 3.67. The molecule has 0 fully saturated rings. The zero-order valence-electron chi connectivity index (χ0n) is 20.5. The molecule has 0 radical (unpaired) electrons. The zero-order valence-corrected chi connectivity index (χ0v) is 21.4. The molecule has 35 heavy (non-hydrogen) atoms. The third-order valence-electron chi connectivity index (χ3n) is 5.47.